The highest BCUT2D eigenvalue weighted by Crippen LogP contribution is 2.51. The molecule has 0 radical (unpaired) electrons. The highest BCUT2D eigenvalue weighted by Gasteiger charge is 2.25. The van der Waals surface area contributed by atoms with Crippen LogP contribution >= 0.6 is 0 Å². The van der Waals surface area contributed by atoms with E-state index in [9.17, 15) is 9.90 Å². The van der Waals surface area contributed by atoms with Crippen molar-refractivity contribution in [1.82, 2.24) is 0 Å². The number of aromatic hydroxyl groups is 1. The van der Waals surface area contributed by atoms with E-state index in [0.29, 0.717) is 42.8 Å². The van der Waals surface area contributed by atoms with Crippen LogP contribution < -0.4 is 18.9 Å². The first-order chi connectivity index (χ1) is 13.6. The van der Waals surface area contributed by atoms with Gasteiger partial charge in [-0.25, -0.2) is 0 Å². The van der Waals surface area contributed by atoms with E-state index in [1.54, 1.807) is 18.2 Å². The lowest BCUT2D eigenvalue weighted by molar-refractivity contribution is -0.134. The number of carbonyl (C=O) groups is 1. The molecule has 0 saturated carbocycles. The highest BCUT2D eigenvalue weighted by molar-refractivity contribution is 6.00. The number of hydrogen-bond donors (Lipinski definition) is 1. The third kappa shape index (κ3) is 5.00. The SMILES string of the molecule is CCCCCC(=O)Oc1c(OCC)c(OCC)c(O)c2ccc(OCC)cc12. The molecular formula is C22H30O6. The van der Waals surface area contributed by atoms with Crippen LogP contribution in [0.4, 0.5) is 0 Å². The summed E-state index contributed by atoms with van der Waals surface area (Å²) in [5.41, 5.74) is 0. The van der Waals surface area contributed by atoms with Crippen molar-refractivity contribution < 1.29 is 28.8 Å². The van der Waals surface area contributed by atoms with E-state index in [1.165, 1.54) is 0 Å². The van der Waals surface area contributed by atoms with Crippen LogP contribution in [-0.4, -0.2) is 30.9 Å². The lowest BCUT2D eigenvalue weighted by Crippen LogP contribution is -2.10. The molecule has 0 aliphatic rings. The van der Waals surface area contributed by atoms with E-state index in [1.807, 2.05) is 20.8 Å². The smallest absolute Gasteiger partial charge is 0.311 e. The number of benzene rings is 2. The van der Waals surface area contributed by atoms with Gasteiger partial charge < -0.3 is 24.1 Å². The Morgan fingerprint density at radius 3 is 2.18 bits per heavy atom. The lowest BCUT2D eigenvalue weighted by atomic mass is 10.1. The predicted octanol–water partition coefficient (Wildman–Crippen LogP) is 5.23. The molecule has 0 saturated heterocycles. The summed E-state index contributed by atoms with van der Waals surface area (Å²) in [6.45, 7) is 8.76. The fourth-order valence-electron chi connectivity index (χ4n) is 2.97. The van der Waals surface area contributed by atoms with Crippen LogP contribution in [0.15, 0.2) is 18.2 Å². The monoisotopic (exact) mass is 390 g/mol. The summed E-state index contributed by atoms with van der Waals surface area (Å²) in [6.07, 6.45) is 3.06. The molecule has 0 bridgehead atoms. The zero-order valence-corrected chi connectivity index (χ0v) is 17.2. The number of ether oxygens (including phenoxy) is 4. The Bertz CT molecular complexity index is 799. The average molecular weight is 390 g/mol. The van der Waals surface area contributed by atoms with Crippen molar-refractivity contribution in [1.29, 1.82) is 0 Å². The van der Waals surface area contributed by atoms with E-state index < -0.39 is 0 Å². The van der Waals surface area contributed by atoms with Gasteiger partial charge in [-0.05, 0) is 45.4 Å². The molecule has 2 aromatic rings. The summed E-state index contributed by atoms with van der Waals surface area (Å²) >= 11 is 0. The molecule has 2 rings (SSSR count). The first kappa shape index (κ1) is 21.7. The van der Waals surface area contributed by atoms with E-state index in [4.69, 9.17) is 18.9 Å². The summed E-state index contributed by atoms with van der Waals surface area (Å²) in [7, 11) is 0. The minimum absolute atomic E-state index is 0.0471. The van der Waals surface area contributed by atoms with Crippen molar-refractivity contribution in [2.24, 2.45) is 0 Å². The Kier molecular flexibility index (Phi) is 8.23. The van der Waals surface area contributed by atoms with Gasteiger partial charge in [-0.15, -0.1) is 0 Å². The lowest BCUT2D eigenvalue weighted by Gasteiger charge is -2.19. The molecule has 2 aromatic carbocycles. The van der Waals surface area contributed by atoms with Gasteiger partial charge >= 0.3 is 5.97 Å². The molecule has 154 valence electrons. The first-order valence-corrected chi connectivity index (χ1v) is 9.98. The van der Waals surface area contributed by atoms with Gasteiger partial charge in [0.1, 0.15) is 5.75 Å². The third-order valence-electron chi connectivity index (χ3n) is 4.21. The average Bonchev–Trinajstić information content (AvgIpc) is 2.68. The van der Waals surface area contributed by atoms with Gasteiger partial charge in [0.15, 0.2) is 11.5 Å². The van der Waals surface area contributed by atoms with Crippen LogP contribution in [0, 0.1) is 0 Å². The molecule has 0 heterocycles. The number of unbranched alkanes of at least 4 members (excludes halogenated alkanes) is 2. The van der Waals surface area contributed by atoms with Crippen molar-refractivity contribution in [3.05, 3.63) is 18.2 Å². The molecule has 1 N–H and O–H groups in total. The van der Waals surface area contributed by atoms with Crippen LogP contribution in [-0.2, 0) is 4.79 Å². The van der Waals surface area contributed by atoms with Gasteiger partial charge in [0, 0.05) is 17.2 Å². The second-order valence-corrected chi connectivity index (χ2v) is 6.27. The number of fused-ring (bicyclic) bond motifs is 1. The van der Waals surface area contributed by atoms with Crippen molar-refractivity contribution >= 4 is 16.7 Å². The summed E-state index contributed by atoms with van der Waals surface area (Å²) < 4.78 is 22.7. The number of esters is 1. The molecule has 0 atom stereocenters. The molecule has 0 unspecified atom stereocenters. The zero-order valence-electron chi connectivity index (χ0n) is 17.2. The van der Waals surface area contributed by atoms with Gasteiger partial charge in [0.05, 0.1) is 19.8 Å². The standard InChI is InChI=1S/C22H30O6/c1-5-9-10-11-18(23)28-20-17-14-15(25-6-2)12-13-16(17)19(24)21(26-7-3)22(20)27-8-4/h12-14,24H,5-11H2,1-4H3. The molecule has 6 nitrogen and oxygen atoms in total. The van der Waals surface area contributed by atoms with Crippen molar-refractivity contribution in [2.75, 3.05) is 19.8 Å². The highest BCUT2D eigenvalue weighted by atomic mass is 16.6. The minimum Gasteiger partial charge on any atom is -0.504 e. The van der Waals surface area contributed by atoms with Crippen molar-refractivity contribution in [3.63, 3.8) is 0 Å². The summed E-state index contributed by atoms with van der Waals surface area (Å²) in [4.78, 5) is 12.4. The molecule has 0 spiro atoms. The van der Waals surface area contributed by atoms with Gasteiger partial charge in [0.2, 0.25) is 11.5 Å². The summed E-state index contributed by atoms with van der Waals surface area (Å²) in [5, 5.41) is 11.8. The number of rotatable bonds is 11. The van der Waals surface area contributed by atoms with E-state index >= 15 is 0 Å². The topological polar surface area (TPSA) is 74.2 Å². The number of phenolic OH excluding ortho intramolecular Hbond substituents is 1. The maximum atomic E-state index is 12.4. The number of phenols is 1. The summed E-state index contributed by atoms with van der Waals surface area (Å²) in [5.74, 6) is 0.884. The second kappa shape index (κ2) is 10.6. The van der Waals surface area contributed by atoms with Crippen LogP contribution in [0.1, 0.15) is 53.4 Å². The van der Waals surface area contributed by atoms with Crippen LogP contribution in [0.3, 0.4) is 0 Å². The fourth-order valence-corrected chi connectivity index (χ4v) is 2.97. The maximum absolute atomic E-state index is 12.4. The largest absolute Gasteiger partial charge is 0.504 e. The Labute approximate surface area is 166 Å². The van der Waals surface area contributed by atoms with Gasteiger partial charge in [-0.3, -0.25) is 4.79 Å². The van der Waals surface area contributed by atoms with Crippen LogP contribution in [0.5, 0.6) is 28.7 Å². The van der Waals surface area contributed by atoms with Gasteiger partial charge in [0.25, 0.3) is 0 Å². The van der Waals surface area contributed by atoms with Crippen molar-refractivity contribution in [3.8, 4) is 28.7 Å². The maximum Gasteiger partial charge on any atom is 0.311 e. The Morgan fingerprint density at radius 2 is 1.54 bits per heavy atom. The van der Waals surface area contributed by atoms with Crippen LogP contribution in [0.2, 0.25) is 0 Å². The normalized spacial score (nSPS) is 10.7. The molecular weight excluding hydrogens is 360 g/mol. The minimum atomic E-state index is -0.342. The van der Waals surface area contributed by atoms with Gasteiger partial charge in [-0.1, -0.05) is 19.8 Å². The zero-order chi connectivity index (χ0) is 20.5. The molecule has 0 aliphatic heterocycles. The second-order valence-electron chi connectivity index (χ2n) is 6.27. The molecule has 0 aliphatic carbocycles. The number of carbonyl (C=O) groups excluding carboxylic acids is 1. The predicted molar refractivity (Wildman–Crippen MR) is 109 cm³/mol. The molecule has 6 heteroatoms. The van der Waals surface area contributed by atoms with E-state index in [2.05, 4.69) is 6.92 Å². The Morgan fingerprint density at radius 1 is 0.857 bits per heavy atom. The molecule has 28 heavy (non-hydrogen) atoms. The molecule has 0 fully saturated rings. The van der Waals surface area contributed by atoms with Crippen molar-refractivity contribution in [2.45, 2.75) is 53.4 Å². The van der Waals surface area contributed by atoms with Crippen LogP contribution in [0.25, 0.3) is 10.8 Å². The molecule has 0 aromatic heterocycles. The van der Waals surface area contributed by atoms with E-state index in [-0.39, 0.29) is 29.0 Å². The third-order valence-corrected chi connectivity index (χ3v) is 4.21. The van der Waals surface area contributed by atoms with Gasteiger partial charge in [-0.2, -0.15) is 0 Å². The fraction of sp³-hybridized carbons (Fsp3) is 0.500. The Hall–Kier alpha value is -2.63. The number of hydrogen-bond acceptors (Lipinski definition) is 6. The quantitative estimate of drug-likeness (QED) is 0.322. The van der Waals surface area contributed by atoms with E-state index in [0.717, 1.165) is 19.3 Å². The first-order valence-electron chi connectivity index (χ1n) is 9.98. The molecule has 0 amide bonds. The Balaban J connectivity index is 2.61. The summed E-state index contributed by atoms with van der Waals surface area (Å²) in [6, 6.07) is 5.22.